The van der Waals surface area contributed by atoms with Crippen LogP contribution in [0.1, 0.15) is 11.1 Å². The molecular formula is C24H20ClFN6O2. The van der Waals surface area contributed by atoms with Crippen molar-refractivity contribution in [3.8, 4) is 0 Å². The fourth-order valence-electron chi connectivity index (χ4n) is 3.26. The van der Waals surface area contributed by atoms with Gasteiger partial charge in [-0.15, -0.1) is 5.10 Å². The van der Waals surface area contributed by atoms with Crippen LogP contribution in [0.2, 0.25) is 5.02 Å². The molecule has 2 aromatic carbocycles. The lowest BCUT2D eigenvalue weighted by molar-refractivity contribution is 0.238. The Labute approximate surface area is 199 Å². The monoisotopic (exact) mass is 478 g/mol. The maximum Gasteiger partial charge on any atom is 0.248 e. The van der Waals surface area contributed by atoms with Gasteiger partial charge in [0.15, 0.2) is 5.84 Å². The molecule has 1 aliphatic heterocycles. The third kappa shape index (κ3) is 5.00. The van der Waals surface area contributed by atoms with Gasteiger partial charge in [0.25, 0.3) is 0 Å². The van der Waals surface area contributed by atoms with E-state index in [4.69, 9.17) is 22.2 Å². The third-order valence-corrected chi connectivity index (χ3v) is 5.15. The molecule has 0 spiro atoms. The van der Waals surface area contributed by atoms with Crippen molar-refractivity contribution in [3.63, 3.8) is 0 Å². The molecule has 172 valence electrons. The lowest BCUT2D eigenvalue weighted by Crippen LogP contribution is -2.31. The normalized spacial score (nSPS) is 15.5. The maximum atomic E-state index is 13.5. The molecule has 0 radical (unpaired) electrons. The Morgan fingerprint density at radius 3 is 2.71 bits per heavy atom. The number of nitrogens with two attached hydrogens (primary N) is 1. The highest BCUT2D eigenvalue weighted by atomic mass is 35.5. The molecule has 4 N–H and O–H groups in total. The molecule has 1 unspecified atom stereocenters. The largest absolute Gasteiger partial charge is 0.447 e. The Kier molecular flexibility index (Phi) is 6.74. The molecule has 3 aromatic rings. The van der Waals surface area contributed by atoms with Crippen LogP contribution in [0.15, 0.2) is 106 Å². The van der Waals surface area contributed by atoms with Gasteiger partial charge in [-0.3, -0.25) is 15.1 Å². The van der Waals surface area contributed by atoms with Gasteiger partial charge < -0.3 is 15.6 Å². The summed E-state index contributed by atoms with van der Waals surface area (Å²) < 4.78 is 19.2. The van der Waals surface area contributed by atoms with Crippen LogP contribution in [0.5, 0.6) is 0 Å². The number of hydrogen-bond acceptors (Lipinski definition) is 6. The Bertz CT molecular complexity index is 1350. The number of ether oxygens (including phenoxy) is 1. The third-order valence-electron chi connectivity index (χ3n) is 4.83. The fraction of sp³-hybridized carbons (Fsp3) is 0.0417. The summed E-state index contributed by atoms with van der Waals surface area (Å²) in [6.07, 6.45) is 4.28. The summed E-state index contributed by atoms with van der Waals surface area (Å²) in [5.41, 5.74) is 4.71. The number of hydrazone groups is 2. The number of allylic oxidation sites excluding steroid dienone is 1. The molecule has 34 heavy (non-hydrogen) atoms. The van der Waals surface area contributed by atoms with Crippen molar-refractivity contribution in [1.29, 1.82) is 0 Å². The van der Waals surface area contributed by atoms with Crippen LogP contribution in [-0.4, -0.2) is 22.9 Å². The van der Waals surface area contributed by atoms with Gasteiger partial charge in [-0.25, -0.2) is 4.39 Å². The first-order valence-electron chi connectivity index (χ1n) is 10.1. The highest BCUT2D eigenvalue weighted by Crippen LogP contribution is 2.30. The molecule has 0 fully saturated rings. The Morgan fingerprint density at radius 1 is 1.24 bits per heavy atom. The van der Waals surface area contributed by atoms with E-state index in [2.05, 4.69) is 27.2 Å². The number of amidine groups is 1. The first-order valence-corrected chi connectivity index (χ1v) is 10.5. The van der Waals surface area contributed by atoms with Gasteiger partial charge in [-0.1, -0.05) is 30.3 Å². The number of anilines is 1. The van der Waals surface area contributed by atoms with Crippen molar-refractivity contribution in [2.45, 2.75) is 6.23 Å². The average Bonchev–Trinajstić information content (AvgIpc) is 3.32. The molecule has 4 rings (SSSR count). The number of hydrogen-bond donors (Lipinski definition) is 3. The number of aromatic nitrogens is 1. The molecule has 8 nitrogen and oxygen atoms in total. The standard InChI is InChI=1S/C24H20ClFN6O2/c1-15(6-11-22-30-31-24(34-22)17-12-13-28-21(33)14-17)32(20-5-3-2-4-19(20)25)23(29-27)16-7-9-18(26)10-8-16/h2-14,22,30H,1,27H2,(H,28,33)/b11-6+,29-23-. The van der Waals surface area contributed by atoms with Crippen LogP contribution in [0.25, 0.3) is 0 Å². The molecule has 1 atom stereocenters. The summed E-state index contributed by atoms with van der Waals surface area (Å²) in [5.74, 6) is 5.95. The average molecular weight is 479 g/mol. The van der Waals surface area contributed by atoms with Gasteiger partial charge in [0.2, 0.25) is 17.7 Å². The summed E-state index contributed by atoms with van der Waals surface area (Å²) in [5, 5.41) is 8.50. The topological polar surface area (TPSA) is 108 Å². The first-order chi connectivity index (χ1) is 16.5. The summed E-state index contributed by atoms with van der Waals surface area (Å²) in [4.78, 5) is 15.7. The lowest BCUT2D eigenvalue weighted by atomic mass is 10.1. The van der Waals surface area contributed by atoms with Gasteiger partial charge in [-0.2, -0.15) is 5.10 Å². The van der Waals surface area contributed by atoms with E-state index in [1.54, 1.807) is 53.5 Å². The van der Waals surface area contributed by atoms with Crippen molar-refractivity contribution in [1.82, 2.24) is 10.4 Å². The highest BCUT2D eigenvalue weighted by Gasteiger charge is 2.22. The molecule has 10 heteroatoms. The second-order valence-electron chi connectivity index (χ2n) is 7.12. The van der Waals surface area contributed by atoms with Crippen molar-refractivity contribution in [2.24, 2.45) is 16.0 Å². The summed E-state index contributed by atoms with van der Waals surface area (Å²) >= 11 is 6.46. The summed E-state index contributed by atoms with van der Waals surface area (Å²) in [6.45, 7) is 4.14. The zero-order valence-corrected chi connectivity index (χ0v) is 18.5. The molecule has 0 saturated heterocycles. The highest BCUT2D eigenvalue weighted by molar-refractivity contribution is 6.34. The second-order valence-corrected chi connectivity index (χ2v) is 7.53. The second kappa shape index (κ2) is 10.1. The number of halogens is 2. The number of benzene rings is 2. The maximum absolute atomic E-state index is 13.5. The molecule has 1 aliphatic rings. The molecule has 0 amide bonds. The van der Waals surface area contributed by atoms with Crippen molar-refractivity contribution >= 4 is 29.0 Å². The fourth-order valence-corrected chi connectivity index (χ4v) is 3.48. The van der Waals surface area contributed by atoms with Gasteiger partial charge >= 0.3 is 0 Å². The van der Waals surface area contributed by atoms with Gasteiger partial charge in [0.1, 0.15) is 5.82 Å². The van der Waals surface area contributed by atoms with E-state index in [0.717, 1.165) is 0 Å². The van der Waals surface area contributed by atoms with Crippen molar-refractivity contribution in [3.05, 3.63) is 124 Å². The molecular weight excluding hydrogens is 459 g/mol. The lowest BCUT2D eigenvalue weighted by Gasteiger charge is -2.27. The predicted molar refractivity (Wildman–Crippen MR) is 131 cm³/mol. The molecule has 0 aliphatic carbocycles. The van der Waals surface area contributed by atoms with E-state index >= 15 is 0 Å². The number of para-hydroxylation sites is 1. The van der Waals surface area contributed by atoms with Crippen LogP contribution >= 0.6 is 11.6 Å². The van der Waals surface area contributed by atoms with E-state index in [1.165, 1.54) is 24.4 Å². The van der Waals surface area contributed by atoms with Crippen molar-refractivity contribution in [2.75, 3.05) is 4.90 Å². The van der Waals surface area contributed by atoms with Crippen LogP contribution in [0.3, 0.4) is 0 Å². The Balaban J connectivity index is 1.59. The SMILES string of the molecule is C=C(/C=C/C1NN=C(c2cc[nH]c(=O)c2)O1)N(/C(=N\N)c1ccc(F)cc1)c1ccccc1Cl. The molecule has 1 aromatic heterocycles. The minimum atomic E-state index is -0.608. The quantitative estimate of drug-likeness (QED) is 0.165. The van der Waals surface area contributed by atoms with E-state index in [-0.39, 0.29) is 17.3 Å². The number of H-pyrrole nitrogens is 1. The van der Waals surface area contributed by atoms with Crippen LogP contribution in [-0.2, 0) is 4.74 Å². The van der Waals surface area contributed by atoms with E-state index in [1.807, 2.05) is 6.07 Å². The summed E-state index contributed by atoms with van der Waals surface area (Å²) in [6, 6.07) is 15.9. The number of rotatable bonds is 6. The minimum Gasteiger partial charge on any atom is -0.447 e. The predicted octanol–water partition coefficient (Wildman–Crippen LogP) is 3.67. The zero-order valence-electron chi connectivity index (χ0n) is 17.8. The smallest absolute Gasteiger partial charge is 0.248 e. The van der Waals surface area contributed by atoms with Gasteiger partial charge in [0.05, 0.1) is 10.7 Å². The van der Waals surface area contributed by atoms with E-state index in [0.29, 0.717) is 33.4 Å². The Morgan fingerprint density at radius 2 is 2.00 bits per heavy atom. The van der Waals surface area contributed by atoms with Gasteiger partial charge in [-0.05, 0) is 54.6 Å². The van der Waals surface area contributed by atoms with Crippen LogP contribution in [0.4, 0.5) is 10.1 Å². The number of pyridine rings is 1. The minimum absolute atomic E-state index is 0.263. The number of aromatic amines is 1. The van der Waals surface area contributed by atoms with Crippen LogP contribution in [0, 0.1) is 5.82 Å². The molecule has 0 saturated carbocycles. The Hall–Kier alpha value is -4.37. The van der Waals surface area contributed by atoms with Crippen LogP contribution < -0.4 is 21.7 Å². The first kappa shape index (κ1) is 22.8. The molecule has 2 heterocycles. The van der Waals surface area contributed by atoms with E-state index < -0.39 is 6.23 Å². The van der Waals surface area contributed by atoms with Gasteiger partial charge in [0, 0.05) is 29.1 Å². The zero-order chi connectivity index (χ0) is 24.1. The molecule has 0 bridgehead atoms. The number of nitrogens with zero attached hydrogens (tertiary/aromatic N) is 3. The van der Waals surface area contributed by atoms with E-state index in [9.17, 15) is 9.18 Å². The van der Waals surface area contributed by atoms with Crippen molar-refractivity contribution < 1.29 is 9.13 Å². The summed E-state index contributed by atoms with van der Waals surface area (Å²) in [7, 11) is 0. The number of nitrogens with one attached hydrogen (secondary N) is 2.